The maximum absolute atomic E-state index is 8.91. The minimum atomic E-state index is -0.148. The van der Waals surface area contributed by atoms with Crippen LogP contribution in [0.25, 0.3) is 0 Å². The van der Waals surface area contributed by atoms with Gasteiger partial charge in [0.1, 0.15) is 12.4 Å². The Morgan fingerprint density at radius 2 is 1.84 bits per heavy atom. The zero-order valence-corrected chi connectivity index (χ0v) is 10.8. The summed E-state index contributed by atoms with van der Waals surface area (Å²) in [4.78, 5) is 0. The molecule has 19 heavy (non-hydrogen) atoms. The first-order valence-corrected chi connectivity index (χ1v) is 6.42. The predicted octanol–water partition coefficient (Wildman–Crippen LogP) is 2.65. The van der Waals surface area contributed by atoms with Crippen molar-refractivity contribution in [2.45, 2.75) is 19.1 Å². The Kier molecular flexibility index (Phi) is 4.95. The molecule has 0 bridgehead atoms. The lowest BCUT2D eigenvalue weighted by Crippen LogP contribution is -2.11. The van der Waals surface area contributed by atoms with Crippen molar-refractivity contribution in [1.82, 2.24) is 0 Å². The Bertz CT molecular complexity index is 499. The fourth-order valence-corrected chi connectivity index (χ4v) is 1.88. The Labute approximate surface area is 113 Å². The van der Waals surface area contributed by atoms with E-state index >= 15 is 0 Å². The van der Waals surface area contributed by atoms with Crippen molar-refractivity contribution in [3.8, 4) is 5.75 Å². The number of ether oxygens (including phenoxy) is 1. The van der Waals surface area contributed by atoms with Gasteiger partial charge < -0.3 is 15.6 Å². The quantitative estimate of drug-likeness (QED) is 0.836. The molecular weight excluding hydrogens is 238 g/mol. The minimum Gasteiger partial charge on any atom is -0.489 e. The summed E-state index contributed by atoms with van der Waals surface area (Å²) in [5.74, 6) is 0.801. The zero-order chi connectivity index (χ0) is 13.5. The van der Waals surface area contributed by atoms with E-state index in [1.165, 1.54) is 0 Å². The molecule has 0 saturated heterocycles. The van der Waals surface area contributed by atoms with Gasteiger partial charge in [-0.3, -0.25) is 0 Å². The van der Waals surface area contributed by atoms with Crippen LogP contribution in [0.5, 0.6) is 5.75 Å². The molecule has 0 aromatic heterocycles. The highest BCUT2D eigenvalue weighted by Gasteiger charge is 2.06. The average Bonchev–Trinajstić information content (AvgIpc) is 2.47. The molecule has 0 aliphatic carbocycles. The molecule has 0 saturated carbocycles. The van der Waals surface area contributed by atoms with E-state index in [2.05, 4.69) is 0 Å². The van der Waals surface area contributed by atoms with E-state index in [0.717, 1.165) is 16.9 Å². The number of rotatable bonds is 6. The maximum atomic E-state index is 8.91. The van der Waals surface area contributed by atoms with Gasteiger partial charge in [-0.05, 0) is 29.7 Å². The number of aliphatic hydroxyl groups excluding tert-OH is 1. The van der Waals surface area contributed by atoms with E-state index in [0.29, 0.717) is 13.0 Å². The summed E-state index contributed by atoms with van der Waals surface area (Å²) in [6.45, 7) is 0.635. The lowest BCUT2D eigenvalue weighted by Gasteiger charge is -2.12. The van der Waals surface area contributed by atoms with Gasteiger partial charge in [-0.25, -0.2) is 0 Å². The maximum Gasteiger partial charge on any atom is 0.120 e. The molecule has 100 valence electrons. The van der Waals surface area contributed by atoms with Crippen LogP contribution in [0.1, 0.15) is 23.6 Å². The van der Waals surface area contributed by atoms with Crippen LogP contribution in [0.4, 0.5) is 0 Å². The molecule has 0 aliphatic heterocycles. The number of benzene rings is 2. The molecule has 2 rings (SSSR count). The number of hydrogen-bond donors (Lipinski definition) is 2. The van der Waals surface area contributed by atoms with Crippen molar-refractivity contribution in [2.75, 3.05) is 6.61 Å². The van der Waals surface area contributed by atoms with Crippen LogP contribution in [0, 0.1) is 0 Å². The molecule has 0 radical (unpaired) electrons. The highest BCUT2D eigenvalue weighted by molar-refractivity contribution is 5.30. The van der Waals surface area contributed by atoms with Crippen molar-refractivity contribution in [2.24, 2.45) is 5.73 Å². The van der Waals surface area contributed by atoms with Crippen molar-refractivity contribution in [3.05, 3.63) is 65.7 Å². The summed E-state index contributed by atoms with van der Waals surface area (Å²) >= 11 is 0. The third kappa shape index (κ3) is 4.09. The van der Waals surface area contributed by atoms with E-state index in [1.807, 2.05) is 54.6 Å². The Morgan fingerprint density at radius 3 is 2.58 bits per heavy atom. The molecule has 2 aromatic carbocycles. The van der Waals surface area contributed by atoms with E-state index in [4.69, 9.17) is 15.6 Å². The van der Waals surface area contributed by atoms with Gasteiger partial charge in [0.15, 0.2) is 0 Å². The number of aliphatic hydroxyl groups is 1. The second-order valence-corrected chi connectivity index (χ2v) is 4.47. The van der Waals surface area contributed by atoms with Crippen LogP contribution < -0.4 is 10.5 Å². The van der Waals surface area contributed by atoms with Crippen LogP contribution in [-0.2, 0) is 6.61 Å². The van der Waals surface area contributed by atoms with Gasteiger partial charge in [0, 0.05) is 12.6 Å². The summed E-state index contributed by atoms with van der Waals surface area (Å²) in [6.07, 6.45) is 0.558. The summed E-state index contributed by atoms with van der Waals surface area (Å²) in [6, 6.07) is 17.6. The lowest BCUT2D eigenvalue weighted by atomic mass is 10.1. The second-order valence-electron chi connectivity index (χ2n) is 4.47. The van der Waals surface area contributed by atoms with Gasteiger partial charge in [0.25, 0.3) is 0 Å². The largest absolute Gasteiger partial charge is 0.489 e. The van der Waals surface area contributed by atoms with E-state index in [9.17, 15) is 0 Å². The molecule has 3 nitrogen and oxygen atoms in total. The Hall–Kier alpha value is -1.84. The third-order valence-corrected chi connectivity index (χ3v) is 2.97. The summed E-state index contributed by atoms with van der Waals surface area (Å²) in [5, 5.41) is 8.91. The number of hydrogen-bond acceptors (Lipinski definition) is 3. The highest BCUT2D eigenvalue weighted by Crippen LogP contribution is 2.20. The molecule has 1 atom stereocenters. The van der Waals surface area contributed by atoms with Crippen LogP contribution in [0.3, 0.4) is 0 Å². The van der Waals surface area contributed by atoms with Crippen LogP contribution in [0.15, 0.2) is 54.6 Å². The fraction of sp³-hybridized carbons (Fsp3) is 0.250. The monoisotopic (exact) mass is 257 g/mol. The van der Waals surface area contributed by atoms with Crippen molar-refractivity contribution >= 4 is 0 Å². The van der Waals surface area contributed by atoms with Gasteiger partial charge in [0.05, 0.1) is 0 Å². The average molecular weight is 257 g/mol. The first-order valence-electron chi connectivity index (χ1n) is 6.42. The summed E-state index contributed by atoms with van der Waals surface area (Å²) in [5.41, 5.74) is 8.08. The summed E-state index contributed by atoms with van der Waals surface area (Å²) < 4.78 is 5.74. The Balaban J connectivity index is 1.99. The molecule has 0 amide bonds. The van der Waals surface area contributed by atoms with E-state index < -0.39 is 0 Å². The lowest BCUT2D eigenvalue weighted by molar-refractivity contribution is 0.276. The van der Waals surface area contributed by atoms with Crippen LogP contribution in [-0.4, -0.2) is 11.7 Å². The summed E-state index contributed by atoms with van der Waals surface area (Å²) in [7, 11) is 0. The predicted molar refractivity (Wildman–Crippen MR) is 75.8 cm³/mol. The SMILES string of the molecule is N[C@@H](CCO)c1cccc(OCc2ccccc2)c1. The highest BCUT2D eigenvalue weighted by atomic mass is 16.5. The standard InChI is InChI=1S/C16H19NO2/c17-16(9-10-18)14-7-4-8-15(11-14)19-12-13-5-2-1-3-6-13/h1-8,11,16,18H,9-10,12,17H2/t16-/m0/s1. The molecule has 0 fully saturated rings. The molecule has 0 unspecified atom stereocenters. The molecule has 0 aliphatic rings. The molecular formula is C16H19NO2. The molecule has 2 aromatic rings. The fourth-order valence-electron chi connectivity index (χ4n) is 1.88. The zero-order valence-electron chi connectivity index (χ0n) is 10.8. The van der Waals surface area contributed by atoms with Gasteiger partial charge in [-0.2, -0.15) is 0 Å². The van der Waals surface area contributed by atoms with Crippen molar-refractivity contribution < 1.29 is 9.84 Å². The van der Waals surface area contributed by atoms with Crippen molar-refractivity contribution in [3.63, 3.8) is 0 Å². The Morgan fingerprint density at radius 1 is 1.05 bits per heavy atom. The normalized spacial score (nSPS) is 12.1. The van der Waals surface area contributed by atoms with E-state index in [1.54, 1.807) is 0 Å². The minimum absolute atomic E-state index is 0.0935. The first-order chi connectivity index (χ1) is 9.29. The topological polar surface area (TPSA) is 55.5 Å². The third-order valence-electron chi connectivity index (χ3n) is 2.97. The van der Waals surface area contributed by atoms with Crippen LogP contribution in [0.2, 0.25) is 0 Å². The first kappa shape index (κ1) is 13.6. The van der Waals surface area contributed by atoms with Crippen LogP contribution >= 0.6 is 0 Å². The van der Waals surface area contributed by atoms with Gasteiger partial charge in [-0.15, -0.1) is 0 Å². The molecule has 0 heterocycles. The van der Waals surface area contributed by atoms with E-state index in [-0.39, 0.29) is 12.6 Å². The van der Waals surface area contributed by atoms with Crippen molar-refractivity contribution in [1.29, 1.82) is 0 Å². The smallest absolute Gasteiger partial charge is 0.120 e. The second kappa shape index (κ2) is 6.92. The van der Waals surface area contributed by atoms with Gasteiger partial charge >= 0.3 is 0 Å². The molecule has 0 spiro atoms. The van der Waals surface area contributed by atoms with Gasteiger partial charge in [0.2, 0.25) is 0 Å². The molecule has 3 N–H and O–H groups in total. The van der Waals surface area contributed by atoms with Gasteiger partial charge in [-0.1, -0.05) is 42.5 Å². The number of nitrogens with two attached hydrogens (primary N) is 1. The molecule has 3 heteroatoms.